The highest BCUT2D eigenvalue weighted by Crippen LogP contribution is 2.26. The average molecular weight is 321 g/mol. The van der Waals surface area contributed by atoms with Crippen LogP contribution in [0.25, 0.3) is 0 Å². The fraction of sp³-hybridized carbons (Fsp3) is 0.417. The van der Waals surface area contributed by atoms with Gasteiger partial charge in [-0.2, -0.15) is 9.57 Å². The number of rotatable bonds is 6. The maximum absolute atomic E-state index is 12.4. The van der Waals surface area contributed by atoms with Gasteiger partial charge in [0.15, 0.2) is 0 Å². The summed E-state index contributed by atoms with van der Waals surface area (Å²) in [5.41, 5.74) is 0. The molecule has 0 aliphatic heterocycles. The van der Waals surface area contributed by atoms with Gasteiger partial charge in [0.25, 0.3) is 0 Å². The Morgan fingerprint density at radius 3 is 2.53 bits per heavy atom. The van der Waals surface area contributed by atoms with Crippen molar-refractivity contribution in [2.24, 2.45) is 0 Å². The summed E-state index contributed by atoms with van der Waals surface area (Å²) in [5, 5.41) is 9.21. The summed E-state index contributed by atoms with van der Waals surface area (Å²) in [7, 11) is -3.71. The lowest BCUT2D eigenvalue weighted by atomic mass is 10.3. The van der Waals surface area contributed by atoms with Crippen molar-refractivity contribution in [2.75, 3.05) is 13.1 Å². The highest BCUT2D eigenvalue weighted by molar-refractivity contribution is 7.89. The van der Waals surface area contributed by atoms with Crippen LogP contribution in [0, 0.1) is 11.3 Å². The van der Waals surface area contributed by atoms with Crippen LogP contribution in [0.15, 0.2) is 23.1 Å². The summed E-state index contributed by atoms with van der Waals surface area (Å²) in [5.74, 6) is 0. The Hall–Kier alpha value is -0.800. The van der Waals surface area contributed by atoms with Crippen LogP contribution in [0.1, 0.15) is 19.8 Å². The van der Waals surface area contributed by atoms with E-state index in [9.17, 15) is 8.42 Å². The van der Waals surface area contributed by atoms with Gasteiger partial charge in [0.05, 0.1) is 21.0 Å². The van der Waals surface area contributed by atoms with E-state index in [1.807, 2.05) is 13.0 Å². The molecule has 1 aromatic rings. The summed E-state index contributed by atoms with van der Waals surface area (Å²) in [6.07, 6.45) is 1.54. The lowest BCUT2D eigenvalue weighted by Crippen LogP contribution is -2.32. The van der Waals surface area contributed by atoms with Crippen LogP contribution >= 0.6 is 23.2 Å². The van der Waals surface area contributed by atoms with E-state index in [0.717, 1.165) is 10.7 Å². The lowest BCUT2D eigenvalue weighted by Gasteiger charge is -2.19. The zero-order valence-electron chi connectivity index (χ0n) is 10.4. The van der Waals surface area contributed by atoms with Crippen molar-refractivity contribution in [3.05, 3.63) is 28.2 Å². The van der Waals surface area contributed by atoms with Gasteiger partial charge in [-0.05, 0) is 24.6 Å². The van der Waals surface area contributed by atoms with Crippen molar-refractivity contribution in [1.29, 1.82) is 5.26 Å². The van der Waals surface area contributed by atoms with Gasteiger partial charge in [0, 0.05) is 6.54 Å². The zero-order valence-corrected chi connectivity index (χ0v) is 12.8. The van der Waals surface area contributed by atoms with Crippen LogP contribution in [0.5, 0.6) is 0 Å². The maximum Gasteiger partial charge on any atom is 0.244 e. The van der Waals surface area contributed by atoms with E-state index in [1.54, 1.807) is 0 Å². The first-order valence-corrected chi connectivity index (χ1v) is 7.95. The zero-order chi connectivity index (χ0) is 14.5. The molecule has 19 heavy (non-hydrogen) atoms. The van der Waals surface area contributed by atoms with Crippen molar-refractivity contribution in [3.8, 4) is 6.07 Å². The molecule has 0 fully saturated rings. The van der Waals surface area contributed by atoms with E-state index in [4.69, 9.17) is 28.5 Å². The van der Waals surface area contributed by atoms with Crippen molar-refractivity contribution in [3.63, 3.8) is 0 Å². The number of nitriles is 1. The minimum Gasteiger partial charge on any atom is -0.207 e. The number of hydrogen-bond donors (Lipinski definition) is 0. The molecule has 0 aliphatic rings. The molecule has 0 unspecified atom stereocenters. The van der Waals surface area contributed by atoms with E-state index in [0.29, 0.717) is 18.0 Å². The Morgan fingerprint density at radius 1 is 1.32 bits per heavy atom. The Balaban J connectivity index is 3.11. The average Bonchev–Trinajstić information content (AvgIpc) is 2.37. The largest absolute Gasteiger partial charge is 0.244 e. The van der Waals surface area contributed by atoms with Crippen molar-refractivity contribution >= 4 is 33.2 Å². The first-order chi connectivity index (χ1) is 8.93. The fourth-order valence-corrected chi connectivity index (χ4v) is 3.25. The standard InChI is InChI=1S/C12H14Cl2N2O2S/c1-2-3-7-16(8-6-15)19(17,18)10-4-5-11(13)12(14)9-10/h4-5,9H,2-3,7-8H2,1H3. The Kier molecular flexibility index (Phi) is 6.08. The van der Waals surface area contributed by atoms with E-state index in [2.05, 4.69) is 0 Å². The molecule has 0 bridgehead atoms. The molecule has 0 saturated heterocycles. The summed E-state index contributed by atoms with van der Waals surface area (Å²) in [6, 6.07) is 5.99. The quantitative estimate of drug-likeness (QED) is 0.755. The molecule has 1 aromatic carbocycles. The number of sulfonamides is 1. The predicted molar refractivity (Wildman–Crippen MR) is 75.7 cm³/mol. The van der Waals surface area contributed by atoms with Crippen LogP contribution in [0.3, 0.4) is 0 Å². The monoisotopic (exact) mass is 320 g/mol. The molecule has 0 aromatic heterocycles. The van der Waals surface area contributed by atoms with Gasteiger partial charge in [-0.1, -0.05) is 36.5 Å². The molecular formula is C12H14Cl2N2O2S. The highest BCUT2D eigenvalue weighted by atomic mass is 35.5. The van der Waals surface area contributed by atoms with Crippen molar-refractivity contribution in [2.45, 2.75) is 24.7 Å². The minimum atomic E-state index is -3.71. The van der Waals surface area contributed by atoms with E-state index < -0.39 is 10.0 Å². The smallest absolute Gasteiger partial charge is 0.207 e. The third-order valence-electron chi connectivity index (χ3n) is 2.54. The second-order valence-electron chi connectivity index (χ2n) is 3.93. The molecule has 0 heterocycles. The number of hydrogen-bond acceptors (Lipinski definition) is 3. The highest BCUT2D eigenvalue weighted by Gasteiger charge is 2.24. The Bertz CT molecular complexity index is 582. The number of halogens is 2. The molecule has 0 spiro atoms. The number of nitrogens with zero attached hydrogens (tertiary/aromatic N) is 2. The summed E-state index contributed by atoms with van der Waals surface area (Å²) in [4.78, 5) is 0.0493. The summed E-state index contributed by atoms with van der Waals surface area (Å²) in [6.45, 7) is 2.09. The van der Waals surface area contributed by atoms with Crippen LogP contribution in [-0.4, -0.2) is 25.8 Å². The van der Waals surface area contributed by atoms with Crippen molar-refractivity contribution in [1.82, 2.24) is 4.31 Å². The second-order valence-corrected chi connectivity index (χ2v) is 6.68. The lowest BCUT2D eigenvalue weighted by molar-refractivity contribution is 0.435. The van der Waals surface area contributed by atoms with Crippen molar-refractivity contribution < 1.29 is 8.42 Å². The maximum atomic E-state index is 12.4. The van der Waals surface area contributed by atoms with Crippen LogP contribution in [0.4, 0.5) is 0 Å². The normalized spacial score (nSPS) is 11.5. The van der Waals surface area contributed by atoms with E-state index >= 15 is 0 Å². The van der Waals surface area contributed by atoms with Gasteiger partial charge in [-0.3, -0.25) is 0 Å². The Morgan fingerprint density at radius 2 is 2.00 bits per heavy atom. The minimum absolute atomic E-state index is 0.0493. The molecule has 0 amide bonds. The molecule has 1 rings (SSSR count). The van der Waals surface area contributed by atoms with Gasteiger partial charge in [0.1, 0.15) is 6.54 Å². The molecule has 0 radical (unpaired) electrons. The Labute approximate surface area is 123 Å². The third-order valence-corrected chi connectivity index (χ3v) is 5.12. The molecule has 7 heteroatoms. The molecule has 0 N–H and O–H groups in total. The molecule has 0 atom stereocenters. The van der Waals surface area contributed by atoms with Crippen LogP contribution < -0.4 is 0 Å². The second kappa shape index (κ2) is 7.11. The van der Waals surface area contributed by atoms with E-state index in [1.165, 1.54) is 18.2 Å². The van der Waals surface area contributed by atoms with Gasteiger partial charge >= 0.3 is 0 Å². The van der Waals surface area contributed by atoms with Crippen LogP contribution in [-0.2, 0) is 10.0 Å². The number of benzene rings is 1. The first-order valence-electron chi connectivity index (χ1n) is 5.75. The van der Waals surface area contributed by atoms with Gasteiger partial charge in [0.2, 0.25) is 10.0 Å². The predicted octanol–water partition coefficient (Wildman–Crippen LogP) is 3.31. The van der Waals surface area contributed by atoms with E-state index in [-0.39, 0.29) is 16.5 Å². The number of unbranched alkanes of at least 4 members (excludes halogenated alkanes) is 1. The molecular weight excluding hydrogens is 307 g/mol. The third kappa shape index (κ3) is 4.08. The molecule has 0 aliphatic carbocycles. The molecule has 4 nitrogen and oxygen atoms in total. The van der Waals surface area contributed by atoms with Gasteiger partial charge in [-0.15, -0.1) is 0 Å². The summed E-state index contributed by atoms with van der Waals surface area (Å²) < 4.78 is 25.9. The van der Waals surface area contributed by atoms with Gasteiger partial charge < -0.3 is 0 Å². The molecule has 0 saturated carbocycles. The topological polar surface area (TPSA) is 61.2 Å². The van der Waals surface area contributed by atoms with Crippen LogP contribution in [0.2, 0.25) is 10.0 Å². The fourth-order valence-electron chi connectivity index (χ4n) is 1.48. The van der Waals surface area contributed by atoms with Gasteiger partial charge in [-0.25, -0.2) is 8.42 Å². The summed E-state index contributed by atoms with van der Waals surface area (Å²) >= 11 is 11.6. The molecule has 104 valence electrons. The SMILES string of the molecule is CCCCN(CC#N)S(=O)(=O)c1ccc(Cl)c(Cl)c1. The first kappa shape index (κ1) is 16.3.